The molecule has 0 spiro atoms. The molecule has 0 amide bonds. The fraction of sp³-hybridized carbons (Fsp3) is 0.222. The maximum Gasteiger partial charge on any atom is 0.120 e. The molecule has 21 heavy (non-hydrogen) atoms. The maximum absolute atomic E-state index is 10.5. The number of aromatic hydroxyl groups is 1. The normalized spacial score (nSPS) is 12.6. The summed E-state index contributed by atoms with van der Waals surface area (Å²) in [7, 11) is 1.97. The van der Waals surface area contributed by atoms with Gasteiger partial charge in [0, 0.05) is 16.4 Å². The Bertz CT molecular complexity index is 721. The van der Waals surface area contributed by atoms with Gasteiger partial charge in [-0.2, -0.15) is 0 Å². The molecule has 3 aromatic rings. The minimum Gasteiger partial charge on any atom is -0.508 e. The molecule has 0 saturated carbocycles. The number of rotatable bonds is 5. The fourth-order valence-electron chi connectivity index (χ4n) is 2.86. The lowest BCUT2D eigenvalue weighted by atomic mass is 9.89. The Morgan fingerprint density at radius 3 is 2.71 bits per heavy atom. The topological polar surface area (TPSA) is 32.3 Å². The summed E-state index contributed by atoms with van der Waals surface area (Å²) < 4.78 is 0. The first kappa shape index (κ1) is 14.1. The first-order valence-corrected chi connectivity index (χ1v) is 8.08. The van der Waals surface area contributed by atoms with Crippen molar-refractivity contribution < 1.29 is 5.11 Å². The first-order valence-electron chi connectivity index (χ1n) is 7.20. The Labute approximate surface area is 129 Å². The quantitative estimate of drug-likeness (QED) is 0.734. The number of phenolic OH excluding ortho intramolecular Hbond substituents is 1. The highest BCUT2D eigenvalue weighted by Crippen LogP contribution is 2.40. The molecule has 1 unspecified atom stereocenters. The summed E-state index contributed by atoms with van der Waals surface area (Å²) in [6, 6.07) is 16.3. The van der Waals surface area contributed by atoms with Crippen molar-refractivity contribution in [2.24, 2.45) is 0 Å². The van der Waals surface area contributed by atoms with E-state index in [2.05, 4.69) is 35.0 Å². The van der Waals surface area contributed by atoms with Crippen LogP contribution in [0.3, 0.4) is 0 Å². The Hall–Kier alpha value is -1.84. The van der Waals surface area contributed by atoms with Crippen LogP contribution in [0.1, 0.15) is 22.8 Å². The van der Waals surface area contributed by atoms with Gasteiger partial charge in [-0.15, -0.1) is 11.3 Å². The first-order chi connectivity index (χ1) is 10.3. The SMILES string of the molecule is CNCCC(c1cccs1)c1c(O)ccc2ccccc12. The molecule has 2 N–H and O–H groups in total. The molecular weight excluding hydrogens is 278 g/mol. The second kappa shape index (κ2) is 6.29. The Morgan fingerprint density at radius 1 is 1.10 bits per heavy atom. The minimum atomic E-state index is 0.226. The van der Waals surface area contributed by atoms with Crippen LogP contribution in [0, 0.1) is 0 Å². The Morgan fingerprint density at radius 2 is 1.95 bits per heavy atom. The van der Waals surface area contributed by atoms with E-state index in [4.69, 9.17) is 0 Å². The van der Waals surface area contributed by atoms with Crippen LogP contribution < -0.4 is 5.32 Å². The van der Waals surface area contributed by atoms with Crippen LogP contribution in [0.4, 0.5) is 0 Å². The molecule has 0 aliphatic rings. The van der Waals surface area contributed by atoms with Gasteiger partial charge in [0.2, 0.25) is 0 Å². The summed E-state index contributed by atoms with van der Waals surface area (Å²) in [4.78, 5) is 1.30. The number of nitrogens with one attached hydrogen (secondary N) is 1. The summed E-state index contributed by atoms with van der Waals surface area (Å²) in [6.45, 7) is 0.922. The van der Waals surface area contributed by atoms with Crippen LogP contribution in [0.5, 0.6) is 5.75 Å². The third-order valence-electron chi connectivity index (χ3n) is 3.87. The third-order valence-corrected chi connectivity index (χ3v) is 4.85. The van der Waals surface area contributed by atoms with E-state index in [1.165, 1.54) is 10.3 Å². The molecule has 108 valence electrons. The van der Waals surface area contributed by atoms with Crippen LogP contribution in [0.25, 0.3) is 10.8 Å². The van der Waals surface area contributed by atoms with Crippen LogP contribution in [-0.4, -0.2) is 18.7 Å². The van der Waals surface area contributed by atoms with Gasteiger partial charge in [-0.3, -0.25) is 0 Å². The molecule has 1 atom stereocenters. The monoisotopic (exact) mass is 297 g/mol. The van der Waals surface area contributed by atoms with Gasteiger partial charge in [0.05, 0.1) is 0 Å². The van der Waals surface area contributed by atoms with Crippen LogP contribution in [-0.2, 0) is 0 Å². The molecule has 0 radical (unpaired) electrons. The van der Waals surface area contributed by atoms with Crippen molar-refractivity contribution in [1.29, 1.82) is 0 Å². The lowest BCUT2D eigenvalue weighted by Gasteiger charge is -2.19. The number of phenols is 1. The van der Waals surface area contributed by atoms with E-state index < -0.39 is 0 Å². The molecule has 0 aliphatic heterocycles. The second-order valence-electron chi connectivity index (χ2n) is 5.18. The van der Waals surface area contributed by atoms with Gasteiger partial charge in [-0.25, -0.2) is 0 Å². The smallest absolute Gasteiger partial charge is 0.120 e. The number of thiophene rings is 1. The van der Waals surface area contributed by atoms with Gasteiger partial charge in [-0.1, -0.05) is 36.4 Å². The summed E-state index contributed by atoms with van der Waals surface area (Å²) in [5.74, 6) is 0.617. The zero-order valence-corrected chi connectivity index (χ0v) is 12.9. The van der Waals surface area contributed by atoms with Crippen LogP contribution in [0.2, 0.25) is 0 Å². The molecule has 0 saturated heterocycles. The lowest BCUT2D eigenvalue weighted by molar-refractivity contribution is 0.464. The average molecular weight is 297 g/mol. The van der Waals surface area contributed by atoms with Crippen LogP contribution >= 0.6 is 11.3 Å². The zero-order valence-electron chi connectivity index (χ0n) is 12.0. The summed E-state index contributed by atoms with van der Waals surface area (Å²) in [5.41, 5.74) is 1.05. The third kappa shape index (κ3) is 2.80. The van der Waals surface area contributed by atoms with E-state index in [1.54, 1.807) is 11.3 Å². The van der Waals surface area contributed by atoms with E-state index in [0.717, 1.165) is 23.9 Å². The average Bonchev–Trinajstić information content (AvgIpc) is 3.03. The molecule has 1 aromatic heterocycles. The second-order valence-corrected chi connectivity index (χ2v) is 6.16. The molecule has 2 aromatic carbocycles. The van der Waals surface area contributed by atoms with Gasteiger partial charge < -0.3 is 10.4 Å². The van der Waals surface area contributed by atoms with E-state index in [9.17, 15) is 5.11 Å². The molecule has 2 nitrogen and oxygen atoms in total. The van der Waals surface area contributed by atoms with Gasteiger partial charge >= 0.3 is 0 Å². The van der Waals surface area contributed by atoms with E-state index in [-0.39, 0.29) is 5.92 Å². The fourth-order valence-corrected chi connectivity index (χ4v) is 3.73. The molecule has 0 fully saturated rings. The van der Waals surface area contributed by atoms with Crippen molar-refractivity contribution in [3.8, 4) is 5.75 Å². The molecular formula is C18H19NOS. The molecule has 0 bridgehead atoms. The lowest BCUT2D eigenvalue weighted by Crippen LogP contribution is -2.13. The highest BCUT2D eigenvalue weighted by atomic mass is 32.1. The number of benzene rings is 2. The standard InChI is InChI=1S/C18H19NOS/c1-19-11-10-15(17-7-4-12-21-17)18-14-6-3-2-5-13(14)8-9-16(18)20/h2-9,12,15,19-20H,10-11H2,1H3. The Balaban J connectivity index is 2.16. The van der Waals surface area contributed by atoms with E-state index >= 15 is 0 Å². The van der Waals surface area contributed by atoms with E-state index in [1.807, 2.05) is 31.3 Å². The zero-order chi connectivity index (χ0) is 14.7. The van der Waals surface area contributed by atoms with Gasteiger partial charge in [0.25, 0.3) is 0 Å². The predicted octanol–water partition coefficient (Wildman–Crippen LogP) is 4.35. The van der Waals surface area contributed by atoms with E-state index in [0.29, 0.717) is 5.75 Å². The predicted molar refractivity (Wildman–Crippen MR) is 90.3 cm³/mol. The maximum atomic E-state index is 10.5. The van der Waals surface area contributed by atoms with Crippen molar-refractivity contribution in [2.45, 2.75) is 12.3 Å². The highest BCUT2D eigenvalue weighted by Gasteiger charge is 2.20. The molecule has 1 heterocycles. The summed E-state index contributed by atoms with van der Waals surface area (Å²) >= 11 is 1.75. The number of fused-ring (bicyclic) bond motifs is 1. The largest absolute Gasteiger partial charge is 0.508 e. The number of hydrogen-bond donors (Lipinski definition) is 2. The van der Waals surface area contributed by atoms with Gasteiger partial charge in [0.15, 0.2) is 0 Å². The van der Waals surface area contributed by atoms with Crippen molar-refractivity contribution in [1.82, 2.24) is 5.32 Å². The van der Waals surface area contributed by atoms with Crippen molar-refractivity contribution in [2.75, 3.05) is 13.6 Å². The van der Waals surface area contributed by atoms with Crippen LogP contribution in [0.15, 0.2) is 53.9 Å². The van der Waals surface area contributed by atoms with Gasteiger partial charge in [0.1, 0.15) is 5.75 Å². The molecule has 3 heteroatoms. The Kier molecular flexibility index (Phi) is 4.23. The van der Waals surface area contributed by atoms with Gasteiger partial charge in [-0.05, 0) is 48.3 Å². The summed E-state index contributed by atoms with van der Waals surface area (Å²) in [6.07, 6.45) is 0.971. The van der Waals surface area contributed by atoms with Crippen molar-refractivity contribution in [3.63, 3.8) is 0 Å². The van der Waals surface area contributed by atoms with Crippen molar-refractivity contribution in [3.05, 3.63) is 64.4 Å². The number of hydrogen-bond acceptors (Lipinski definition) is 3. The highest BCUT2D eigenvalue weighted by molar-refractivity contribution is 7.10. The molecule has 0 aliphatic carbocycles. The molecule has 3 rings (SSSR count). The summed E-state index contributed by atoms with van der Waals surface area (Å²) in [5, 5.41) is 18.1. The minimum absolute atomic E-state index is 0.226. The van der Waals surface area contributed by atoms with Crippen molar-refractivity contribution >= 4 is 22.1 Å².